The molecule has 0 aliphatic carbocycles. The van der Waals surface area contributed by atoms with Crippen molar-refractivity contribution in [1.29, 1.82) is 0 Å². The van der Waals surface area contributed by atoms with Gasteiger partial charge in [0.15, 0.2) is 0 Å². The molecule has 4 nitrogen and oxygen atoms in total. The van der Waals surface area contributed by atoms with Crippen LogP contribution in [0.2, 0.25) is 0 Å². The predicted molar refractivity (Wildman–Crippen MR) is 67.8 cm³/mol. The maximum absolute atomic E-state index is 12.9. The molecule has 3 N–H and O–H groups in total. The van der Waals surface area contributed by atoms with Gasteiger partial charge < -0.3 is 15.8 Å². The van der Waals surface area contributed by atoms with Crippen molar-refractivity contribution < 1.29 is 13.9 Å². The number of benzene rings is 1. The van der Waals surface area contributed by atoms with Gasteiger partial charge in [0.1, 0.15) is 11.6 Å². The lowest BCUT2D eigenvalue weighted by atomic mass is 10.2. The standard InChI is InChI=1S/C13H19FN2O2/c1-9(2)16-12(13(15)17)6-7-18-11-5-3-4-10(14)8-11/h3-5,8-9,12,16H,6-7H2,1-2H3,(H2,15,17). The van der Waals surface area contributed by atoms with Crippen LogP contribution in [0.5, 0.6) is 5.75 Å². The molecule has 18 heavy (non-hydrogen) atoms. The van der Waals surface area contributed by atoms with E-state index in [2.05, 4.69) is 5.32 Å². The van der Waals surface area contributed by atoms with Crippen molar-refractivity contribution in [1.82, 2.24) is 5.32 Å². The van der Waals surface area contributed by atoms with E-state index in [4.69, 9.17) is 10.5 Å². The normalized spacial score (nSPS) is 12.4. The highest BCUT2D eigenvalue weighted by atomic mass is 19.1. The van der Waals surface area contributed by atoms with Crippen molar-refractivity contribution in [2.75, 3.05) is 6.61 Å². The molecular formula is C13H19FN2O2. The van der Waals surface area contributed by atoms with Crippen LogP contribution >= 0.6 is 0 Å². The van der Waals surface area contributed by atoms with Crippen LogP contribution in [0.25, 0.3) is 0 Å². The summed E-state index contributed by atoms with van der Waals surface area (Å²) in [4.78, 5) is 11.2. The summed E-state index contributed by atoms with van der Waals surface area (Å²) in [6, 6.07) is 5.62. The molecule has 1 atom stereocenters. The van der Waals surface area contributed by atoms with Crippen LogP contribution in [0, 0.1) is 5.82 Å². The number of nitrogens with two attached hydrogens (primary N) is 1. The zero-order chi connectivity index (χ0) is 13.5. The number of hydrogen-bond donors (Lipinski definition) is 2. The number of carbonyl (C=O) groups is 1. The molecule has 1 unspecified atom stereocenters. The number of ether oxygens (including phenoxy) is 1. The molecule has 0 radical (unpaired) electrons. The second-order valence-electron chi connectivity index (χ2n) is 4.37. The molecule has 1 aromatic carbocycles. The van der Waals surface area contributed by atoms with E-state index in [1.165, 1.54) is 12.1 Å². The van der Waals surface area contributed by atoms with Gasteiger partial charge in [0.2, 0.25) is 5.91 Å². The average Bonchev–Trinajstić information content (AvgIpc) is 2.27. The van der Waals surface area contributed by atoms with Gasteiger partial charge in [-0.1, -0.05) is 19.9 Å². The van der Waals surface area contributed by atoms with E-state index in [1.54, 1.807) is 12.1 Å². The molecule has 1 aromatic rings. The van der Waals surface area contributed by atoms with Crippen LogP contribution in [-0.4, -0.2) is 24.6 Å². The summed E-state index contributed by atoms with van der Waals surface area (Å²) in [6.07, 6.45) is 0.448. The number of rotatable bonds is 7. The molecule has 0 bridgehead atoms. The number of halogens is 1. The van der Waals surface area contributed by atoms with Gasteiger partial charge in [0, 0.05) is 18.5 Å². The topological polar surface area (TPSA) is 64.3 Å². The number of hydrogen-bond acceptors (Lipinski definition) is 3. The van der Waals surface area contributed by atoms with Crippen molar-refractivity contribution in [3.8, 4) is 5.75 Å². The number of primary amides is 1. The Morgan fingerprint density at radius 3 is 2.78 bits per heavy atom. The third-order valence-electron chi connectivity index (χ3n) is 2.35. The summed E-state index contributed by atoms with van der Waals surface area (Å²) < 4.78 is 18.2. The summed E-state index contributed by atoms with van der Waals surface area (Å²) in [6.45, 7) is 4.17. The summed E-state index contributed by atoms with van der Waals surface area (Å²) in [5.74, 6) is -0.312. The van der Waals surface area contributed by atoms with Gasteiger partial charge in [-0.15, -0.1) is 0 Å². The molecule has 1 rings (SSSR count). The summed E-state index contributed by atoms with van der Waals surface area (Å²) >= 11 is 0. The SMILES string of the molecule is CC(C)NC(CCOc1cccc(F)c1)C(N)=O. The first-order valence-electron chi connectivity index (χ1n) is 5.92. The Balaban J connectivity index is 2.41. The second-order valence-corrected chi connectivity index (χ2v) is 4.37. The van der Waals surface area contributed by atoms with Gasteiger partial charge in [0.25, 0.3) is 0 Å². The lowest BCUT2D eigenvalue weighted by Crippen LogP contribution is -2.45. The Bertz CT molecular complexity index is 396. The van der Waals surface area contributed by atoms with Crippen molar-refractivity contribution in [3.63, 3.8) is 0 Å². The fourth-order valence-electron chi connectivity index (χ4n) is 1.56. The summed E-state index contributed by atoms with van der Waals surface area (Å²) in [5.41, 5.74) is 5.27. The van der Waals surface area contributed by atoms with Crippen molar-refractivity contribution in [2.24, 2.45) is 5.73 Å². The van der Waals surface area contributed by atoms with Crippen molar-refractivity contribution >= 4 is 5.91 Å². The van der Waals surface area contributed by atoms with Crippen LogP contribution in [0.3, 0.4) is 0 Å². The molecule has 0 saturated carbocycles. The molecule has 1 amide bonds. The first-order valence-corrected chi connectivity index (χ1v) is 5.92. The van der Waals surface area contributed by atoms with E-state index >= 15 is 0 Å². The first kappa shape index (κ1) is 14.4. The second kappa shape index (κ2) is 6.96. The van der Waals surface area contributed by atoms with E-state index in [0.717, 1.165) is 0 Å². The van der Waals surface area contributed by atoms with E-state index < -0.39 is 11.9 Å². The Labute approximate surface area is 106 Å². The Morgan fingerprint density at radius 1 is 1.50 bits per heavy atom. The van der Waals surface area contributed by atoms with Gasteiger partial charge in [0.05, 0.1) is 12.6 Å². The maximum Gasteiger partial charge on any atom is 0.234 e. The van der Waals surface area contributed by atoms with Gasteiger partial charge >= 0.3 is 0 Å². The quantitative estimate of drug-likeness (QED) is 0.774. The highest BCUT2D eigenvalue weighted by Crippen LogP contribution is 2.12. The molecule has 0 spiro atoms. The number of carbonyl (C=O) groups excluding carboxylic acids is 1. The van der Waals surface area contributed by atoms with Crippen molar-refractivity contribution in [3.05, 3.63) is 30.1 Å². The number of amides is 1. The predicted octanol–water partition coefficient (Wildman–Crippen LogP) is 1.45. The fraction of sp³-hybridized carbons (Fsp3) is 0.462. The zero-order valence-electron chi connectivity index (χ0n) is 10.7. The highest BCUT2D eigenvalue weighted by molar-refractivity contribution is 5.79. The molecular weight excluding hydrogens is 235 g/mol. The Hall–Kier alpha value is -1.62. The fourth-order valence-corrected chi connectivity index (χ4v) is 1.56. The molecule has 0 aromatic heterocycles. The molecule has 0 aliphatic rings. The minimum absolute atomic E-state index is 0.164. The minimum atomic E-state index is -0.432. The largest absolute Gasteiger partial charge is 0.493 e. The molecule has 100 valence electrons. The average molecular weight is 254 g/mol. The lowest BCUT2D eigenvalue weighted by molar-refractivity contribution is -0.120. The van der Waals surface area contributed by atoms with E-state index in [9.17, 15) is 9.18 Å². The molecule has 5 heteroatoms. The van der Waals surface area contributed by atoms with Gasteiger partial charge in [-0.05, 0) is 12.1 Å². The van der Waals surface area contributed by atoms with E-state index in [-0.39, 0.29) is 11.9 Å². The summed E-state index contributed by atoms with van der Waals surface area (Å²) in [7, 11) is 0. The van der Waals surface area contributed by atoms with Gasteiger partial charge in [-0.3, -0.25) is 4.79 Å². The van der Waals surface area contributed by atoms with E-state index in [0.29, 0.717) is 18.8 Å². The minimum Gasteiger partial charge on any atom is -0.493 e. The van der Waals surface area contributed by atoms with Crippen LogP contribution in [-0.2, 0) is 4.79 Å². The lowest BCUT2D eigenvalue weighted by Gasteiger charge is -2.18. The van der Waals surface area contributed by atoms with Crippen molar-refractivity contribution in [2.45, 2.75) is 32.4 Å². The van der Waals surface area contributed by atoms with Crippen LogP contribution < -0.4 is 15.8 Å². The van der Waals surface area contributed by atoms with Crippen LogP contribution in [0.1, 0.15) is 20.3 Å². The first-order chi connectivity index (χ1) is 8.49. The zero-order valence-corrected chi connectivity index (χ0v) is 10.7. The maximum atomic E-state index is 12.9. The monoisotopic (exact) mass is 254 g/mol. The third-order valence-corrected chi connectivity index (χ3v) is 2.35. The van der Waals surface area contributed by atoms with Crippen LogP contribution in [0.4, 0.5) is 4.39 Å². The van der Waals surface area contributed by atoms with E-state index in [1.807, 2.05) is 13.8 Å². The van der Waals surface area contributed by atoms with Crippen LogP contribution in [0.15, 0.2) is 24.3 Å². The van der Waals surface area contributed by atoms with Gasteiger partial charge in [-0.2, -0.15) is 0 Å². The smallest absolute Gasteiger partial charge is 0.234 e. The molecule has 0 saturated heterocycles. The Morgan fingerprint density at radius 2 is 2.22 bits per heavy atom. The molecule has 0 heterocycles. The molecule has 0 fully saturated rings. The number of nitrogens with one attached hydrogen (secondary N) is 1. The Kier molecular flexibility index (Phi) is 5.58. The summed E-state index contributed by atoms with van der Waals surface area (Å²) in [5, 5.41) is 3.05. The highest BCUT2D eigenvalue weighted by Gasteiger charge is 2.15. The van der Waals surface area contributed by atoms with Gasteiger partial charge in [-0.25, -0.2) is 4.39 Å². The third kappa shape index (κ3) is 5.14. The molecule has 0 aliphatic heterocycles.